The number of anilines is 1. The molecule has 2 aromatic rings. The van der Waals surface area contributed by atoms with Crippen molar-refractivity contribution >= 4 is 29.3 Å². The number of thioether (sulfide) groups is 1. The molecule has 0 aromatic heterocycles. The molecule has 0 saturated carbocycles. The summed E-state index contributed by atoms with van der Waals surface area (Å²) < 4.78 is 0. The Morgan fingerprint density at radius 2 is 1.70 bits per heavy atom. The van der Waals surface area contributed by atoms with Crippen molar-refractivity contribution in [2.75, 3.05) is 31.5 Å². The van der Waals surface area contributed by atoms with E-state index in [0.29, 0.717) is 18.0 Å². The molecule has 1 saturated heterocycles. The molecule has 0 radical (unpaired) electrons. The predicted octanol–water partition coefficient (Wildman–Crippen LogP) is 2.96. The number of amides is 2. The molecule has 138 valence electrons. The Bertz CT molecular complexity index is 874. The van der Waals surface area contributed by atoms with E-state index in [9.17, 15) is 9.59 Å². The zero-order valence-corrected chi connectivity index (χ0v) is 15.7. The van der Waals surface area contributed by atoms with Crippen LogP contribution in [0.4, 0.5) is 5.69 Å². The molecule has 1 N–H and O–H groups in total. The lowest BCUT2D eigenvalue weighted by molar-refractivity contribution is -0.128. The highest BCUT2D eigenvalue weighted by molar-refractivity contribution is 8.04. The standard InChI is InChI=1S/C21H21N3O2S/c25-20(14-19-21(26)22-17-8-4-5-9-18(17)27-19)24-12-10-23(11-13-24)15-16-6-2-1-3-7-16/h1-9,14H,10-13,15H2,(H,22,26)/b19-14-. The fourth-order valence-corrected chi connectivity index (χ4v) is 4.19. The molecule has 6 heteroatoms. The van der Waals surface area contributed by atoms with Crippen LogP contribution in [0.3, 0.4) is 0 Å². The molecule has 4 rings (SSSR count). The number of piperazine rings is 1. The van der Waals surface area contributed by atoms with Gasteiger partial charge in [-0.05, 0) is 17.7 Å². The summed E-state index contributed by atoms with van der Waals surface area (Å²) in [5, 5.41) is 2.85. The summed E-state index contributed by atoms with van der Waals surface area (Å²) in [6.45, 7) is 3.94. The molecular formula is C21H21N3O2S. The van der Waals surface area contributed by atoms with Gasteiger partial charge in [-0.25, -0.2) is 0 Å². The molecule has 0 spiro atoms. The Hall–Kier alpha value is -2.57. The van der Waals surface area contributed by atoms with Crippen molar-refractivity contribution in [3.8, 4) is 0 Å². The van der Waals surface area contributed by atoms with Crippen LogP contribution < -0.4 is 5.32 Å². The molecule has 0 atom stereocenters. The lowest BCUT2D eigenvalue weighted by atomic mass is 10.2. The normalized spacial score (nSPS) is 18.9. The van der Waals surface area contributed by atoms with E-state index < -0.39 is 0 Å². The van der Waals surface area contributed by atoms with E-state index in [4.69, 9.17) is 0 Å². The minimum absolute atomic E-state index is 0.0913. The molecule has 2 amide bonds. The van der Waals surface area contributed by atoms with Crippen LogP contribution >= 0.6 is 11.8 Å². The number of nitrogens with zero attached hydrogens (tertiary/aromatic N) is 2. The summed E-state index contributed by atoms with van der Waals surface area (Å²) in [4.78, 5) is 30.5. The molecule has 2 heterocycles. The number of nitrogens with one attached hydrogen (secondary N) is 1. The molecule has 1 fully saturated rings. The lowest BCUT2D eigenvalue weighted by Crippen LogP contribution is -2.48. The predicted molar refractivity (Wildman–Crippen MR) is 107 cm³/mol. The van der Waals surface area contributed by atoms with Crippen molar-refractivity contribution in [1.82, 2.24) is 9.80 Å². The van der Waals surface area contributed by atoms with Crippen LogP contribution in [0.1, 0.15) is 5.56 Å². The fourth-order valence-electron chi connectivity index (χ4n) is 3.27. The Kier molecular flexibility index (Phi) is 5.27. The Morgan fingerprint density at radius 3 is 2.48 bits per heavy atom. The van der Waals surface area contributed by atoms with Gasteiger partial charge in [-0.15, -0.1) is 0 Å². The maximum Gasteiger partial charge on any atom is 0.262 e. The number of rotatable bonds is 3. The Balaban J connectivity index is 1.36. The molecule has 27 heavy (non-hydrogen) atoms. The lowest BCUT2D eigenvalue weighted by Gasteiger charge is -2.34. The van der Waals surface area contributed by atoms with Gasteiger partial charge < -0.3 is 10.2 Å². The first-order valence-corrected chi connectivity index (χ1v) is 9.86. The number of fused-ring (bicyclic) bond motifs is 1. The summed E-state index contributed by atoms with van der Waals surface area (Å²) in [6, 6.07) is 18.0. The van der Waals surface area contributed by atoms with Crippen LogP contribution in [0, 0.1) is 0 Å². The first kappa shape index (κ1) is 17.8. The van der Waals surface area contributed by atoms with E-state index in [1.54, 1.807) is 0 Å². The highest BCUT2D eigenvalue weighted by atomic mass is 32.2. The molecule has 2 aliphatic heterocycles. The van der Waals surface area contributed by atoms with Crippen LogP contribution in [0.15, 0.2) is 70.5 Å². The van der Waals surface area contributed by atoms with Gasteiger partial charge in [0.1, 0.15) is 0 Å². The number of para-hydroxylation sites is 1. The minimum Gasteiger partial charge on any atom is -0.337 e. The van der Waals surface area contributed by atoms with Crippen molar-refractivity contribution < 1.29 is 9.59 Å². The second-order valence-corrected chi connectivity index (χ2v) is 7.73. The SMILES string of the molecule is O=C1Nc2ccccc2S/C1=C\C(=O)N1CCN(Cc2ccccc2)CC1. The van der Waals surface area contributed by atoms with E-state index in [-0.39, 0.29) is 11.8 Å². The first-order valence-electron chi connectivity index (χ1n) is 9.04. The maximum absolute atomic E-state index is 12.6. The first-order chi connectivity index (χ1) is 13.2. The molecule has 5 nitrogen and oxygen atoms in total. The summed E-state index contributed by atoms with van der Waals surface area (Å²) in [6.07, 6.45) is 1.47. The summed E-state index contributed by atoms with van der Waals surface area (Å²) in [7, 11) is 0. The van der Waals surface area contributed by atoms with Gasteiger partial charge in [0.05, 0.1) is 10.6 Å². The van der Waals surface area contributed by atoms with Gasteiger partial charge in [-0.1, -0.05) is 54.2 Å². The molecule has 0 aliphatic carbocycles. The smallest absolute Gasteiger partial charge is 0.262 e. The van der Waals surface area contributed by atoms with Gasteiger partial charge in [0, 0.05) is 43.7 Å². The highest BCUT2D eigenvalue weighted by Gasteiger charge is 2.24. The van der Waals surface area contributed by atoms with E-state index in [0.717, 1.165) is 30.2 Å². The largest absolute Gasteiger partial charge is 0.337 e. The number of carbonyl (C=O) groups is 2. The zero-order valence-electron chi connectivity index (χ0n) is 14.9. The van der Waals surface area contributed by atoms with Crippen molar-refractivity contribution in [2.24, 2.45) is 0 Å². The summed E-state index contributed by atoms with van der Waals surface area (Å²) >= 11 is 1.35. The molecule has 2 aromatic carbocycles. The van der Waals surface area contributed by atoms with Gasteiger partial charge in [0.25, 0.3) is 5.91 Å². The maximum atomic E-state index is 12.6. The Labute approximate surface area is 163 Å². The molecular weight excluding hydrogens is 358 g/mol. The zero-order chi connectivity index (χ0) is 18.6. The third-order valence-corrected chi connectivity index (χ3v) is 5.87. The third-order valence-electron chi connectivity index (χ3n) is 4.77. The summed E-state index contributed by atoms with van der Waals surface area (Å²) in [5.41, 5.74) is 2.08. The number of hydrogen-bond acceptors (Lipinski definition) is 4. The number of benzene rings is 2. The van der Waals surface area contributed by atoms with Gasteiger partial charge in [0.15, 0.2) is 0 Å². The quantitative estimate of drug-likeness (QED) is 0.833. The van der Waals surface area contributed by atoms with Crippen molar-refractivity contribution in [1.29, 1.82) is 0 Å². The van der Waals surface area contributed by atoms with Gasteiger partial charge in [-0.2, -0.15) is 0 Å². The van der Waals surface area contributed by atoms with Gasteiger partial charge in [0.2, 0.25) is 5.91 Å². The molecule has 2 aliphatic rings. The summed E-state index contributed by atoms with van der Waals surface area (Å²) in [5.74, 6) is -0.304. The third kappa shape index (κ3) is 4.23. The average Bonchev–Trinajstić information content (AvgIpc) is 2.70. The van der Waals surface area contributed by atoms with Crippen LogP contribution in [-0.2, 0) is 16.1 Å². The van der Waals surface area contributed by atoms with Crippen molar-refractivity contribution in [3.05, 3.63) is 71.1 Å². The number of hydrogen-bond donors (Lipinski definition) is 1. The van der Waals surface area contributed by atoms with Crippen LogP contribution in [0.5, 0.6) is 0 Å². The fraction of sp³-hybridized carbons (Fsp3) is 0.238. The second-order valence-electron chi connectivity index (χ2n) is 6.65. The Morgan fingerprint density at radius 1 is 1.00 bits per heavy atom. The molecule has 0 unspecified atom stereocenters. The van der Waals surface area contributed by atoms with Gasteiger partial charge in [-0.3, -0.25) is 14.5 Å². The topological polar surface area (TPSA) is 52.7 Å². The second kappa shape index (κ2) is 7.98. The van der Waals surface area contributed by atoms with Crippen LogP contribution in [0.25, 0.3) is 0 Å². The number of carbonyl (C=O) groups excluding carboxylic acids is 2. The van der Waals surface area contributed by atoms with Crippen LogP contribution in [0.2, 0.25) is 0 Å². The monoisotopic (exact) mass is 379 g/mol. The van der Waals surface area contributed by atoms with Gasteiger partial charge >= 0.3 is 0 Å². The minimum atomic E-state index is -0.213. The van der Waals surface area contributed by atoms with E-state index >= 15 is 0 Å². The van der Waals surface area contributed by atoms with Crippen molar-refractivity contribution in [2.45, 2.75) is 11.4 Å². The average molecular weight is 379 g/mol. The highest BCUT2D eigenvalue weighted by Crippen LogP contribution is 2.37. The van der Waals surface area contributed by atoms with Crippen LogP contribution in [-0.4, -0.2) is 47.8 Å². The van der Waals surface area contributed by atoms with Crippen molar-refractivity contribution in [3.63, 3.8) is 0 Å². The van der Waals surface area contributed by atoms with E-state index in [1.165, 1.54) is 23.4 Å². The van der Waals surface area contributed by atoms with E-state index in [2.05, 4.69) is 22.3 Å². The molecule has 0 bridgehead atoms. The van der Waals surface area contributed by atoms with E-state index in [1.807, 2.05) is 47.4 Å².